The van der Waals surface area contributed by atoms with Crippen LogP contribution in [0.2, 0.25) is 0 Å². The van der Waals surface area contributed by atoms with Gasteiger partial charge in [0.05, 0.1) is 11.1 Å². The van der Waals surface area contributed by atoms with E-state index in [0.29, 0.717) is 5.56 Å². The van der Waals surface area contributed by atoms with Gasteiger partial charge in [-0.3, -0.25) is 4.79 Å². The molecule has 0 aliphatic heterocycles. The van der Waals surface area contributed by atoms with Crippen molar-refractivity contribution in [1.29, 1.82) is 5.26 Å². The third-order valence-corrected chi connectivity index (χ3v) is 2.31. The van der Waals surface area contributed by atoms with Crippen LogP contribution in [0.1, 0.15) is 15.9 Å². The van der Waals surface area contributed by atoms with E-state index in [1.54, 1.807) is 18.2 Å². The molecule has 2 N–H and O–H groups in total. The maximum absolute atomic E-state index is 11.1. The van der Waals surface area contributed by atoms with Gasteiger partial charge < -0.3 is 5.73 Å². The largest absolute Gasteiger partial charge is 0.366 e. The van der Waals surface area contributed by atoms with Crippen molar-refractivity contribution in [3.05, 3.63) is 47.5 Å². The third-order valence-electron chi connectivity index (χ3n) is 2.31. The summed E-state index contributed by atoms with van der Waals surface area (Å²) < 4.78 is 0. The highest BCUT2D eigenvalue weighted by molar-refractivity contribution is 6.02. The van der Waals surface area contributed by atoms with Crippen molar-refractivity contribution in [2.45, 2.75) is 0 Å². The Morgan fingerprint density at radius 3 is 2.60 bits per heavy atom. The van der Waals surface area contributed by atoms with Crippen molar-refractivity contribution >= 4 is 16.7 Å². The Balaban J connectivity index is 2.89. The van der Waals surface area contributed by atoms with Gasteiger partial charge in [-0.25, -0.2) is 0 Å². The quantitative estimate of drug-likeness (QED) is 0.755. The first-order valence-corrected chi connectivity index (χ1v) is 4.45. The Bertz CT molecular complexity index is 582. The van der Waals surface area contributed by atoms with Crippen LogP contribution in [0, 0.1) is 11.3 Å². The number of rotatable bonds is 1. The molecule has 3 nitrogen and oxygen atoms in total. The van der Waals surface area contributed by atoms with Crippen molar-refractivity contribution in [3.63, 3.8) is 0 Å². The number of nitrogens with zero attached hydrogens (tertiary/aromatic N) is 1. The average molecular weight is 196 g/mol. The fourth-order valence-corrected chi connectivity index (χ4v) is 1.60. The van der Waals surface area contributed by atoms with E-state index in [1.165, 1.54) is 0 Å². The summed E-state index contributed by atoms with van der Waals surface area (Å²) in [6, 6.07) is 12.8. The van der Waals surface area contributed by atoms with E-state index < -0.39 is 5.91 Å². The minimum absolute atomic E-state index is 0.274. The van der Waals surface area contributed by atoms with Crippen LogP contribution in [0.3, 0.4) is 0 Å². The Morgan fingerprint density at radius 2 is 1.93 bits per heavy atom. The van der Waals surface area contributed by atoms with Gasteiger partial charge >= 0.3 is 0 Å². The highest BCUT2D eigenvalue weighted by Gasteiger charge is 2.10. The van der Waals surface area contributed by atoms with Crippen molar-refractivity contribution in [2.24, 2.45) is 5.73 Å². The summed E-state index contributed by atoms with van der Waals surface area (Å²) >= 11 is 0. The van der Waals surface area contributed by atoms with Gasteiger partial charge in [0.15, 0.2) is 0 Å². The molecule has 2 rings (SSSR count). The van der Waals surface area contributed by atoms with Crippen LogP contribution in [0.5, 0.6) is 0 Å². The van der Waals surface area contributed by atoms with Gasteiger partial charge in [-0.2, -0.15) is 5.26 Å². The second-order valence-electron chi connectivity index (χ2n) is 3.19. The normalized spacial score (nSPS) is 9.80. The fourth-order valence-electron chi connectivity index (χ4n) is 1.60. The molecule has 0 fully saturated rings. The maximum atomic E-state index is 11.1. The van der Waals surface area contributed by atoms with Gasteiger partial charge in [-0.05, 0) is 11.5 Å². The smallest absolute Gasteiger partial charge is 0.250 e. The predicted octanol–water partition coefficient (Wildman–Crippen LogP) is 1.81. The number of nitrogens with two attached hydrogens (primary N) is 1. The van der Waals surface area contributed by atoms with Crippen LogP contribution >= 0.6 is 0 Å². The first-order valence-electron chi connectivity index (χ1n) is 4.45. The SMILES string of the molecule is N#Cc1c(C(N)=O)ccc2ccccc12. The topological polar surface area (TPSA) is 66.9 Å². The zero-order valence-corrected chi connectivity index (χ0v) is 7.90. The molecule has 0 aliphatic rings. The highest BCUT2D eigenvalue weighted by Crippen LogP contribution is 2.21. The number of carbonyl (C=O) groups excluding carboxylic acids is 1. The van der Waals surface area contributed by atoms with E-state index in [0.717, 1.165) is 10.8 Å². The first-order chi connectivity index (χ1) is 7.24. The lowest BCUT2D eigenvalue weighted by Gasteiger charge is -2.03. The minimum atomic E-state index is -0.572. The molecule has 0 spiro atoms. The molecule has 2 aromatic carbocycles. The van der Waals surface area contributed by atoms with Crippen molar-refractivity contribution in [2.75, 3.05) is 0 Å². The van der Waals surface area contributed by atoms with E-state index in [1.807, 2.05) is 24.3 Å². The maximum Gasteiger partial charge on any atom is 0.250 e. The molecule has 2 aromatic rings. The van der Waals surface area contributed by atoms with Gasteiger partial charge in [-0.15, -0.1) is 0 Å². The summed E-state index contributed by atoms with van der Waals surface area (Å²) in [5.41, 5.74) is 5.81. The summed E-state index contributed by atoms with van der Waals surface area (Å²) in [5.74, 6) is -0.572. The van der Waals surface area contributed by atoms with Crippen LogP contribution in [-0.4, -0.2) is 5.91 Å². The number of carbonyl (C=O) groups is 1. The van der Waals surface area contributed by atoms with Gasteiger partial charge in [0.2, 0.25) is 5.91 Å². The molecule has 0 radical (unpaired) electrons. The molecule has 0 aliphatic carbocycles. The Labute approximate surface area is 86.7 Å². The fraction of sp³-hybridized carbons (Fsp3) is 0. The van der Waals surface area contributed by atoms with Crippen LogP contribution in [0.15, 0.2) is 36.4 Å². The predicted molar refractivity (Wildman–Crippen MR) is 57.2 cm³/mol. The van der Waals surface area contributed by atoms with Gasteiger partial charge in [0.1, 0.15) is 6.07 Å². The highest BCUT2D eigenvalue weighted by atomic mass is 16.1. The molecule has 0 heterocycles. The number of fused-ring (bicyclic) bond motifs is 1. The molecule has 1 amide bonds. The summed E-state index contributed by atoms with van der Waals surface area (Å²) in [6.45, 7) is 0. The first kappa shape index (κ1) is 9.22. The van der Waals surface area contributed by atoms with E-state index in [2.05, 4.69) is 0 Å². The van der Waals surface area contributed by atoms with E-state index in [4.69, 9.17) is 11.0 Å². The van der Waals surface area contributed by atoms with Crippen LogP contribution in [0.4, 0.5) is 0 Å². The molecule has 3 heteroatoms. The van der Waals surface area contributed by atoms with Crippen molar-refractivity contribution < 1.29 is 4.79 Å². The van der Waals surface area contributed by atoms with Crippen molar-refractivity contribution in [1.82, 2.24) is 0 Å². The third kappa shape index (κ3) is 1.42. The number of hydrogen-bond acceptors (Lipinski definition) is 2. The van der Waals surface area contributed by atoms with E-state index in [9.17, 15) is 4.79 Å². The molecule has 0 saturated heterocycles. The lowest BCUT2D eigenvalue weighted by atomic mass is 9.99. The Kier molecular flexibility index (Phi) is 2.11. The second kappa shape index (κ2) is 3.43. The van der Waals surface area contributed by atoms with E-state index in [-0.39, 0.29) is 5.56 Å². The number of primary amides is 1. The molecule has 72 valence electrons. The average Bonchev–Trinajstić information content (AvgIpc) is 2.27. The summed E-state index contributed by atoms with van der Waals surface area (Å²) in [6.07, 6.45) is 0. The molecular weight excluding hydrogens is 188 g/mol. The number of benzene rings is 2. The molecule has 15 heavy (non-hydrogen) atoms. The molecule has 0 unspecified atom stereocenters. The standard InChI is InChI=1S/C12H8N2O/c13-7-11-9-4-2-1-3-8(9)5-6-10(11)12(14)15/h1-6H,(H2,14,15). The molecular formula is C12H8N2O. The molecule has 0 saturated carbocycles. The summed E-state index contributed by atoms with van der Waals surface area (Å²) in [4.78, 5) is 11.1. The molecule has 0 atom stereocenters. The van der Waals surface area contributed by atoms with Gasteiger partial charge in [0.25, 0.3) is 0 Å². The van der Waals surface area contributed by atoms with Crippen LogP contribution in [0.25, 0.3) is 10.8 Å². The second-order valence-corrected chi connectivity index (χ2v) is 3.19. The number of hydrogen-bond donors (Lipinski definition) is 1. The lowest BCUT2D eigenvalue weighted by Crippen LogP contribution is -2.12. The van der Waals surface area contributed by atoms with Crippen LogP contribution < -0.4 is 5.73 Å². The van der Waals surface area contributed by atoms with Gasteiger partial charge in [0, 0.05) is 5.39 Å². The lowest BCUT2D eigenvalue weighted by molar-refractivity contribution is 0.1000. The number of amides is 1. The van der Waals surface area contributed by atoms with E-state index >= 15 is 0 Å². The zero-order chi connectivity index (χ0) is 10.8. The summed E-state index contributed by atoms with van der Waals surface area (Å²) in [5, 5.41) is 10.7. The van der Waals surface area contributed by atoms with Crippen molar-refractivity contribution in [3.8, 4) is 6.07 Å². The molecule has 0 bridgehead atoms. The van der Waals surface area contributed by atoms with Crippen LogP contribution in [-0.2, 0) is 0 Å². The zero-order valence-electron chi connectivity index (χ0n) is 7.90. The summed E-state index contributed by atoms with van der Waals surface area (Å²) in [7, 11) is 0. The Hall–Kier alpha value is -2.34. The number of nitriles is 1. The molecule has 0 aromatic heterocycles. The van der Waals surface area contributed by atoms with Gasteiger partial charge in [-0.1, -0.05) is 30.3 Å². The Morgan fingerprint density at radius 1 is 1.20 bits per heavy atom. The minimum Gasteiger partial charge on any atom is -0.366 e. The monoisotopic (exact) mass is 196 g/mol.